The van der Waals surface area contributed by atoms with E-state index in [1.165, 1.54) is 30.7 Å². The Morgan fingerprint density at radius 1 is 1.00 bits per heavy atom. The number of piperidine rings is 1. The Kier molecular flexibility index (Phi) is 7.10. The molecule has 0 bridgehead atoms. The molecular formula is C24H26FN3O4S. The Hall–Kier alpha value is -3.17. The van der Waals surface area contributed by atoms with Gasteiger partial charge in [-0.15, -0.1) is 0 Å². The second-order valence-electron chi connectivity index (χ2n) is 7.97. The minimum atomic E-state index is -3.86. The molecule has 2 heterocycles. The summed E-state index contributed by atoms with van der Waals surface area (Å²) >= 11 is 0. The van der Waals surface area contributed by atoms with Gasteiger partial charge in [-0.3, -0.25) is 14.4 Å². The van der Waals surface area contributed by atoms with Crippen LogP contribution in [0, 0.1) is 5.82 Å². The summed E-state index contributed by atoms with van der Waals surface area (Å²) in [5.74, 6) is 0.0538. The largest absolute Gasteiger partial charge is 0.468 e. The molecule has 174 valence electrons. The van der Waals surface area contributed by atoms with Gasteiger partial charge in [0.05, 0.1) is 17.2 Å². The zero-order valence-electron chi connectivity index (χ0n) is 18.0. The molecule has 7 nitrogen and oxygen atoms in total. The van der Waals surface area contributed by atoms with Gasteiger partial charge in [-0.2, -0.15) is 0 Å². The van der Waals surface area contributed by atoms with Gasteiger partial charge in [0, 0.05) is 17.8 Å². The molecule has 33 heavy (non-hydrogen) atoms. The molecule has 1 saturated heterocycles. The highest BCUT2D eigenvalue weighted by Crippen LogP contribution is 2.25. The summed E-state index contributed by atoms with van der Waals surface area (Å²) in [4.78, 5) is 15.0. The molecule has 0 unspecified atom stereocenters. The molecule has 1 aliphatic heterocycles. The second kappa shape index (κ2) is 10.2. The summed E-state index contributed by atoms with van der Waals surface area (Å²) in [6.07, 6.45) is 5.10. The molecule has 0 aliphatic carbocycles. The highest BCUT2D eigenvalue weighted by molar-refractivity contribution is 7.92. The monoisotopic (exact) mass is 471 g/mol. The van der Waals surface area contributed by atoms with Crippen molar-refractivity contribution in [2.45, 2.75) is 30.2 Å². The van der Waals surface area contributed by atoms with Crippen molar-refractivity contribution in [3.05, 3.63) is 84.1 Å². The molecule has 1 amide bonds. The van der Waals surface area contributed by atoms with E-state index in [4.69, 9.17) is 4.42 Å². The smallest absolute Gasteiger partial charge is 0.261 e. The fourth-order valence-electron chi connectivity index (χ4n) is 3.93. The first kappa shape index (κ1) is 23.0. The summed E-state index contributed by atoms with van der Waals surface area (Å²) in [6.45, 7) is 2.33. The number of nitrogens with one attached hydrogen (secondary N) is 2. The average Bonchev–Trinajstić information content (AvgIpc) is 3.35. The highest BCUT2D eigenvalue weighted by atomic mass is 32.2. The van der Waals surface area contributed by atoms with Crippen molar-refractivity contribution in [1.82, 2.24) is 10.2 Å². The van der Waals surface area contributed by atoms with Crippen molar-refractivity contribution < 1.29 is 22.0 Å². The van der Waals surface area contributed by atoms with Gasteiger partial charge < -0.3 is 9.73 Å². The van der Waals surface area contributed by atoms with Crippen LogP contribution in [0.3, 0.4) is 0 Å². The Bertz CT molecular complexity index is 1160. The number of amides is 1. The SMILES string of the molecule is O=C(NC[C@@H](c1ccco1)N1CCCCC1)c1ccc(NS(=O)(=O)c2ccc(F)cc2)cc1. The molecule has 0 saturated carbocycles. The second-order valence-corrected chi connectivity index (χ2v) is 9.66. The lowest BCUT2D eigenvalue weighted by Gasteiger charge is -2.33. The van der Waals surface area contributed by atoms with E-state index in [1.807, 2.05) is 12.1 Å². The van der Waals surface area contributed by atoms with Crippen LogP contribution in [0.5, 0.6) is 0 Å². The maximum Gasteiger partial charge on any atom is 0.261 e. The number of nitrogens with zero attached hydrogens (tertiary/aromatic N) is 1. The maximum absolute atomic E-state index is 13.1. The lowest BCUT2D eigenvalue weighted by atomic mass is 10.1. The van der Waals surface area contributed by atoms with Crippen molar-refractivity contribution in [3.63, 3.8) is 0 Å². The van der Waals surface area contributed by atoms with E-state index in [0.717, 1.165) is 43.8 Å². The lowest BCUT2D eigenvalue weighted by molar-refractivity contribution is 0.0914. The van der Waals surface area contributed by atoms with Crippen molar-refractivity contribution in [1.29, 1.82) is 0 Å². The number of likely N-dealkylation sites (tertiary alicyclic amines) is 1. The average molecular weight is 472 g/mol. The lowest BCUT2D eigenvalue weighted by Crippen LogP contribution is -2.40. The summed E-state index contributed by atoms with van der Waals surface area (Å²) in [7, 11) is -3.86. The zero-order chi connectivity index (χ0) is 23.3. The number of carbonyl (C=O) groups excluding carboxylic acids is 1. The Balaban J connectivity index is 1.39. The van der Waals surface area contributed by atoms with E-state index in [0.29, 0.717) is 17.8 Å². The van der Waals surface area contributed by atoms with Gasteiger partial charge in [-0.25, -0.2) is 12.8 Å². The van der Waals surface area contributed by atoms with Crippen LogP contribution in [-0.4, -0.2) is 38.9 Å². The van der Waals surface area contributed by atoms with Crippen LogP contribution in [0.2, 0.25) is 0 Å². The number of halogens is 1. The van der Waals surface area contributed by atoms with Crippen molar-refractivity contribution in [3.8, 4) is 0 Å². The number of hydrogen-bond acceptors (Lipinski definition) is 5. The van der Waals surface area contributed by atoms with E-state index in [2.05, 4.69) is 14.9 Å². The molecule has 9 heteroatoms. The van der Waals surface area contributed by atoms with Gasteiger partial charge in [0.1, 0.15) is 11.6 Å². The minimum Gasteiger partial charge on any atom is -0.468 e. The minimum absolute atomic E-state index is 0.0361. The van der Waals surface area contributed by atoms with Crippen LogP contribution in [-0.2, 0) is 10.0 Å². The van der Waals surface area contributed by atoms with Crippen LogP contribution < -0.4 is 10.0 Å². The molecule has 1 fully saturated rings. The summed E-state index contributed by atoms with van der Waals surface area (Å²) in [5.41, 5.74) is 0.717. The maximum atomic E-state index is 13.1. The Morgan fingerprint density at radius 3 is 2.33 bits per heavy atom. The topological polar surface area (TPSA) is 91.7 Å². The number of hydrogen-bond donors (Lipinski definition) is 2. The van der Waals surface area contributed by atoms with Gasteiger partial charge in [0.15, 0.2) is 0 Å². The van der Waals surface area contributed by atoms with E-state index in [9.17, 15) is 17.6 Å². The van der Waals surface area contributed by atoms with E-state index in [-0.39, 0.29) is 16.8 Å². The molecule has 1 aromatic heterocycles. The fraction of sp³-hybridized carbons (Fsp3) is 0.292. The number of carbonyl (C=O) groups is 1. The molecular weight excluding hydrogens is 445 g/mol. The third kappa shape index (κ3) is 5.80. The van der Waals surface area contributed by atoms with Gasteiger partial charge >= 0.3 is 0 Å². The molecule has 3 aromatic rings. The number of rotatable bonds is 8. The van der Waals surface area contributed by atoms with Crippen LogP contribution in [0.1, 0.15) is 41.4 Å². The number of furan rings is 1. The molecule has 0 spiro atoms. The molecule has 4 rings (SSSR count). The standard InChI is InChI=1S/C24H26FN3O4S/c25-19-8-12-21(13-9-19)33(30,31)27-20-10-6-18(7-11-20)24(29)26-17-22(23-5-4-16-32-23)28-14-2-1-3-15-28/h4-13,16,22,27H,1-3,14-15,17H2,(H,26,29)/t22-/m0/s1. The molecule has 2 N–H and O–H groups in total. The van der Waals surface area contributed by atoms with Gasteiger partial charge in [0.25, 0.3) is 15.9 Å². The predicted molar refractivity (Wildman–Crippen MR) is 123 cm³/mol. The predicted octanol–water partition coefficient (Wildman–Crippen LogP) is 4.18. The first-order valence-corrected chi connectivity index (χ1v) is 12.3. The zero-order valence-corrected chi connectivity index (χ0v) is 18.9. The van der Waals surface area contributed by atoms with Crippen molar-refractivity contribution >= 4 is 21.6 Å². The van der Waals surface area contributed by atoms with Crippen molar-refractivity contribution in [2.75, 3.05) is 24.4 Å². The first-order valence-electron chi connectivity index (χ1n) is 10.9. The van der Waals surface area contributed by atoms with Crippen LogP contribution in [0.4, 0.5) is 10.1 Å². The molecule has 0 radical (unpaired) electrons. The molecule has 2 aromatic carbocycles. The summed E-state index contributed by atoms with van der Waals surface area (Å²) in [6, 6.07) is 14.4. The van der Waals surface area contributed by atoms with Crippen molar-refractivity contribution in [2.24, 2.45) is 0 Å². The van der Waals surface area contributed by atoms with E-state index < -0.39 is 15.8 Å². The quantitative estimate of drug-likeness (QED) is 0.514. The van der Waals surface area contributed by atoms with Crippen LogP contribution >= 0.6 is 0 Å². The number of anilines is 1. The Labute approximate surface area is 192 Å². The van der Waals surface area contributed by atoms with Gasteiger partial charge in [-0.05, 0) is 86.6 Å². The number of benzene rings is 2. The third-order valence-electron chi connectivity index (χ3n) is 5.68. The van der Waals surface area contributed by atoms with E-state index in [1.54, 1.807) is 18.4 Å². The van der Waals surface area contributed by atoms with Crippen LogP contribution in [0.15, 0.2) is 76.2 Å². The summed E-state index contributed by atoms with van der Waals surface area (Å²) < 4.78 is 46.0. The fourth-order valence-corrected chi connectivity index (χ4v) is 4.99. The number of sulfonamides is 1. The summed E-state index contributed by atoms with van der Waals surface area (Å²) in [5, 5.41) is 2.97. The third-order valence-corrected chi connectivity index (χ3v) is 7.08. The molecule has 1 atom stereocenters. The molecule has 1 aliphatic rings. The van der Waals surface area contributed by atoms with Crippen LogP contribution in [0.25, 0.3) is 0 Å². The normalized spacial score (nSPS) is 15.7. The van der Waals surface area contributed by atoms with Gasteiger partial charge in [0.2, 0.25) is 0 Å². The van der Waals surface area contributed by atoms with E-state index >= 15 is 0 Å². The highest BCUT2D eigenvalue weighted by Gasteiger charge is 2.25. The van der Waals surface area contributed by atoms with Gasteiger partial charge in [-0.1, -0.05) is 6.42 Å². The first-order chi connectivity index (χ1) is 15.9. The Morgan fingerprint density at radius 2 is 1.70 bits per heavy atom.